The average molecular weight is 313 g/mol. The number of benzene rings is 2. The number of halogens is 4. The van der Waals surface area contributed by atoms with Gasteiger partial charge in [0.15, 0.2) is 0 Å². The Balaban J connectivity index is 2.45. The van der Waals surface area contributed by atoms with E-state index in [4.69, 9.17) is 11.6 Å². The van der Waals surface area contributed by atoms with E-state index in [1.807, 2.05) is 0 Å². The molecular weight excluding hydrogens is 301 g/mol. The molecule has 0 saturated heterocycles. The lowest BCUT2D eigenvalue weighted by atomic mass is 9.88. The normalized spacial score (nSPS) is 13.0. The minimum absolute atomic E-state index is 0.0487. The third-order valence-electron chi connectivity index (χ3n) is 3.18. The van der Waals surface area contributed by atoms with Crippen LogP contribution in [0.4, 0.5) is 13.2 Å². The molecule has 2 aromatic carbocycles. The standard InChI is InChI=1S/C16H12ClF3O/c17-15(21)10-14(11-5-2-1-3-6-11)12-7-4-8-13(9-12)16(18,19)20/h1-9,14H,10H2. The predicted molar refractivity (Wildman–Crippen MR) is 75.2 cm³/mol. The predicted octanol–water partition coefficient (Wildman–Crippen LogP) is 4.99. The van der Waals surface area contributed by atoms with Crippen molar-refractivity contribution >= 4 is 16.8 Å². The maximum atomic E-state index is 12.8. The fourth-order valence-electron chi connectivity index (χ4n) is 2.21. The Labute approximate surface area is 125 Å². The van der Waals surface area contributed by atoms with E-state index in [9.17, 15) is 18.0 Å². The molecule has 0 bridgehead atoms. The second-order valence-corrected chi connectivity index (χ2v) is 5.07. The number of carbonyl (C=O) groups excluding carboxylic acids is 1. The second kappa shape index (κ2) is 6.31. The summed E-state index contributed by atoms with van der Waals surface area (Å²) in [5, 5.41) is -0.582. The summed E-state index contributed by atoms with van der Waals surface area (Å²) in [6.45, 7) is 0. The molecule has 0 N–H and O–H groups in total. The van der Waals surface area contributed by atoms with Gasteiger partial charge in [0, 0.05) is 12.3 Å². The first-order valence-electron chi connectivity index (χ1n) is 6.28. The summed E-state index contributed by atoms with van der Waals surface area (Å²) in [6, 6.07) is 13.9. The molecule has 21 heavy (non-hydrogen) atoms. The molecule has 0 saturated carbocycles. The summed E-state index contributed by atoms with van der Waals surface area (Å²) in [5.41, 5.74) is 0.443. The van der Waals surface area contributed by atoms with E-state index in [1.54, 1.807) is 36.4 Å². The summed E-state index contributed by atoms with van der Waals surface area (Å²) >= 11 is 5.44. The molecule has 0 radical (unpaired) electrons. The summed E-state index contributed by atoms with van der Waals surface area (Å²) in [7, 11) is 0. The molecule has 0 aliphatic rings. The highest BCUT2D eigenvalue weighted by atomic mass is 35.5. The van der Waals surface area contributed by atoms with Gasteiger partial charge < -0.3 is 0 Å². The molecule has 110 valence electrons. The molecule has 2 rings (SSSR count). The molecule has 0 amide bonds. The van der Waals surface area contributed by atoms with E-state index in [0.717, 1.165) is 17.7 Å². The molecule has 1 nitrogen and oxygen atoms in total. The van der Waals surface area contributed by atoms with Gasteiger partial charge in [-0.2, -0.15) is 13.2 Å². The monoisotopic (exact) mass is 312 g/mol. The Morgan fingerprint density at radius 2 is 1.62 bits per heavy atom. The van der Waals surface area contributed by atoms with E-state index in [2.05, 4.69) is 0 Å². The van der Waals surface area contributed by atoms with Crippen molar-refractivity contribution in [2.24, 2.45) is 0 Å². The molecule has 0 fully saturated rings. The van der Waals surface area contributed by atoms with Gasteiger partial charge in [-0.1, -0.05) is 48.5 Å². The number of hydrogen-bond acceptors (Lipinski definition) is 1. The summed E-state index contributed by atoms with van der Waals surface area (Å²) in [4.78, 5) is 11.2. The Bertz CT molecular complexity index is 623. The van der Waals surface area contributed by atoms with Gasteiger partial charge >= 0.3 is 6.18 Å². The van der Waals surface area contributed by atoms with Crippen LogP contribution in [0.2, 0.25) is 0 Å². The van der Waals surface area contributed by atoms with Crippen molar-refractivity contribution in [3.05, 3.63) is 71.3 Å². The maximum absolute atomic E-state index is 12.8. The zero-order chi connectivity index (χ0) is 15.5. The Morgan fingerprint density at radius 1 is 1.00 bits per heavy atom. The van der Waals surface area contributed by atoms with Gasteiger partial charge in [0.05, 0.1) is 5.56 Å². The summed E-state index contributed by atoms with van der Waals surface area (Å²) < 4.78 is 38.4. The quantitative estimate of drug-likeness (QED) is 0.727. The fourth-order valence-corrected chi connectivity index (χ4v) is 2.36. The highest BCUT2D eigenvalue weighted by molar-refractivity contribution is 6.63. The lowest BCUT2D eigenvalue weighted by molar-refractivity contribution is -0.137. The highest BCUT2D eigenvalue weighted by Gasteiger charge is 2.31. The van der Waals surface area contributed by atoms with Crippen LogP contribution in [-0.2, 0) is 11.0 Å². The third-order valence-corrected chi connectivity index (χ3v) is 3.34. The van der Waals surface area contributed by atoms with Crippen molar-refractivity contribution in [2.75, 3.05) is 0 Å². The van der Waals surface area contributed by atoms with Crippen molar-refractivity contribution in [1.29, 1.82) is 0 Å². The Hall–Kier alpha value is -1.81. The molecular formula is C16H12ClF3O. The second-order valence-electron chi connectivity index (χ2n) is 4.65. The number of alkyl halides is 3. The molecule has 0 heterocycles. The molecule has 1 atom stereocenters. The van der Waals surface area contributed by atoms with Gasteiger partial charge in [-0.15, -0.1) is 0 Å². The molecule has 2 aromatic rings. The first-order valence-corrected chi connectivity index (χ1v) is 6.66. The molecule has 0 aliphatic heterocycles. The highest BCUT2D eigenvalue weighted by Crippen LogP contribution is 2.34. The first-order chi connectivity index (χ1) is 9.88. The van der Waals surface area contributed by atoms with E-state index in [1.165, 1.54) is 6.07 Å². The minimum Gasteiger partial charge on any atom is -0.281 e. The van der Waals surface area contributed by atoms with Crippen LogP contribution in [0.15, 0.2) is 54.6 Å². The molecule has 0 aliphatic carbocycles. The van der Waals surface area contributed by atoms with Gasteiger partial charge in [-0.3, -0.25) is 4.79 Å². The van der Waals surface area contributed by atoms with Gasteiger partial charge in [0.25, 0.3) is 0 Å². The number of carbonyl (C=O) groups is 1. The van der Waals surface area contributed by atoms with E-state index < -0.39 is 22.9 Å². The van der Waals surface area contributed by atoms with Crippen LogP contribution in [0.3, 0.4) is 0 Å². The average Bonchev–Trinajstić information content (AvgIpc) is 2.45. The van der Waals surface area contributed by atoms with Crippen LogP contribution in [0, 0.1) is 0 Å². The van der Waals surface area contributed by atoms with Crippen LogP contribution < -0.4 is 0 Å². The lowest BCUT2D eigenvalue weighted by Gasteiger charge is -2.17. The van der Waals surface area contributed by atoms with E-state index >= 15 is 0 Å². The molecule has 0 spiro atoms. The first kappa shape index (κ1) is 15.6. The van der Waals surface area contributed by atoms with Crippen molar-refractivity contribution < 1.29 is 18.0 Å². The lowest BCUT2D eigenvalue weighted by Crippen LogP contribution is -2.09. The largest absolute Gasteiger partial charge is 0.416 e. The Kier molecular flexibility index (Phi) is 4.68. The van der Waals surface area contributed by atoms with Gasteiger partial charge in [-0.05, 0) is 28.8 Å². The van der Waals surface area contributed by atoms with Gasteiger partial charge in [0.2, 0.25) is 5.24 Å². The van der Waals surface area contributed by atoms with Crippen LogP contribution in [0.1, 0.15) is 29.0 Å². The molecule has 0 aromatic heterocycles. The summed E-state index contributed by atoms with van der Waals surface area (Å²) in [6.07, 6.45) is -4.46. The topological polar surface area (TPSA) is 17.1 Å². The van der Waals surface area contributed by atoms with Crippen LogP contribution in [-0.4, -0.2) is 5.24 Å². The number of rotatable bonds is 4. The van der Waals surface area contributed by atoms with E-state index in [-0.39, 0.29) is 6.42 Å². The fraction of sp³-hybridized carbons (Fsp3) is 0.188. The smallest absolute Gasteiger partial charge is 0.281 e. The molecule has 1 unspecified atom stereocenters. The third kappa shape index (κ3) is 4.08. The zero-order valence-electron chi connectivity index (χ0n) is 10.9. The van der Waals surface area contributed by atoms with Crippen LogP contribution in [0.5, 0.6) is 0 Å². The SMILES string of the molecule is O=C(Cl)CC(c1ccccc1)c1cccc(C(F)(F)F)c1. The van der Waals surface area contributed by atoms with Crippen LogP contribution >= 0.6 is 11.6 Å². The molecule has 5 heteroatoms. The van der Waals surface area contributed by atoms with Crippen LogP contribution in [0.25, 0.3) is 0 Å². The Morgan fingerprint density at radius 3 is 2.19 bits per heavy atom. The van der Waals surface area contributed by atoms with E-state index in [0.29, 0.717) is 5.56 Å². The van der Waals surface area contributed by atoms with Gasteiger partial charge in [0.1, 0.15) is 0 Å². The minimum atomic E-state index is -4.41. The van der Waals surface area contributed by atoms with Crippen molar-refractivity contribution in [2.45, 2.75) is 18.5 Å². The number of hydrogen-bond donors (Lipinski definition) is 0. The van der Waals surface area contributed by atoms with Gasteiger partial charge in [-0.25, -0.2) is 0 Å². The van der Waals surface area contributed by atoms with Crippen molar-refractivity contribution in [3.8, 4) is 0 Å². The van der Waals surface area contributed by atoms with Crippen molar-refractivity contribution in [3.63, 3.8) is 0 Å². The zero-order valence-corrected chi connectivity index (χ0v) is 11.7. The van der Waals surface area contributed by atoms with Crippen molar-refractivity contribution in [1.82, 2.24) is 0 Å². The maximum Gasteiger partial charge on any atom is 0.416 e. The summed E-state index contributed by atoms with van der Waals surface area (Å²) in [5.74, 6) is -0.488.